The molecule has 18 heavy (non-hydrogen) atoms. The molecule has 2 atom stereocenters. The maximum atomic E-state index is 6.03. The number of hydrogen-bond acceptors (Lipinski definition) is 2. The van der Waals surface area contributed by atoms with Crippen LogP contribution in [-0.4, -0.2) is 12.1 Å². The Morgan fingerprint density at radius 1 is 1.22 bits per heavy atom. The number of rotatable bonds is 2. The molecule has 1 aromatic carbocycles. The lowest BCUT2D eigenvalue weighted by Crippen LogP contribution is -2.35. The van der Waals surface area contributed by atoms with E-state index < -0.39 is 0 Å². The minimum Gasteiger partial charge on any atom is -0.490 e. The molecule has 0 radical (unpaired) electrons. The van der Waals surface area contributed by atoms with Crippen molar-refractivity contribution in [2.24, 2.45) is 0 Å². The molecule has 0 aromatic heterocycles. The number of hydrogen-bond donors (Lipinski definition) is 1. The van der Waals surface area contributed by atoms with Crippen molar-refractivity contribution >= 4 is 0 Å². The summed E-state index contributed by atoms with van der Waals surface area (Å²) in [6.45, 7) is 6.60. The van der Waals surface area contributed by atoms with Crippen LogP contribution in [0.5, 0.6) is 5.75 Å². The quantitative estimate of drug-likeness (QED) is 0.862. The molecule has 98 valence electrons. The van der Waals surface area contributed by atoms with Crippen molar-refractivity contribution in [1.29, 1.82) is 0 Å². The van der Waals surface area contributed by atoms with E-state index >= 15 is 0 Å². The third-order valence-corrected chi connectivity index (χ3v) is 4.03. The van der Waals surface area contributed by atoms with Gasteiger partial charge in [0.2, 0.25) is 0 Å². The Labute approximate surface area is 110 Å². The van der Waals surface area contributed by atoms with Gasteiger partial charge in [-0.2, -0.15) is 0 Å². The third kappa shape index (κ3) is 2.14. The van der Waals surface area contributed by atoms with Gasteiger partial charge in [0.15, 0.2) is 0 Å². The Morgan fingerprint density at radius 3 is 2.67 bits per heavy atom. The number of aryl methyl sites for hydroxylation is 2. The summed E-state index contributed by atoms with van der Waals surface area (Å²) in [5.74, 6) is 1.12. The predicted molar refractivity (Wildman–Crippen MR) is 74.2 cm³/mol. The molecule has 1 aliphatic heterocycles. The van der Waals surface area contributed by atoms with E-state index in [-0.39, 0.29) is 0 Å². The Morgan fingerprint density at radius 2 is 1.94 bits per heavy atom. The fourth-order valence-corrected chi connectivity index (χ4v) is 3.28. The number of benzene rings is 1. The van der Waals surface area contributed by atoms with Crippen LogP contribution in [0.3, 0.4) is 0 Å². The molecule has 1 N–H and O–H groups in total. The highest BCUT2D eigenvalue weighted by molar-refractivity contribution is 5.47. The number of nitrogens with one attached hydrogen (secondary N) is 1. The first kappa shape index (κ1) is 12.0. The standard InChI is InChI=1S/C16H23NO/c1-10(2)17-15-7-11(3)18-16-9-13-6-4-5-12(13)8-14(15)16/h8-11,15,17H,4-7H2,1-3H3. The van der Waals surface area contributed by atoms with Crippen molar-refractivity contribution in [3.8, 4) is 5.75 Å². The lowest BCUT2D eigenvalue weighted by molar-refractivity contribution is 0.163. The summed E-state index contributed by atoms with van der Waals surface area (Å²) in [4.78, 5) is 0. The Balaban J connectivity index is 1.98. The fourth-order valence-electron chi connectivity index (χ4n) is 3.28. The minimum absolute atomic E-state index is 0.313. The Hall–Kier alpha value is -1.02. The largest absolute Gasteiger partial charge is 0.490 e. The van der Waals surface area contributed by atoms with Crippen LogP contribution in [0.1, 0.15) is 56.3 Å². The van der Waals surface area contributed by atoms with Gasteiger partial charge in [-0.3, -0.25) is 0 Å². The molecule has 0 saturated carbocycles. The van der Waals surface area contributed by atoms with Gasteiger partial charge in [-0.05, 0) is 43.4 Å². The van der Waals surface area contributed by atoms with Gasteiger partial charge in [-0.1, -0.05) is 19.9 Å². The van der Waals surface area contributed by atoms with Gasteiger partial charge < -0.3 is 10.1 Å². The monoisotopic (exact) mass is 245 g/mol. The van der Waals surface area contributed by atoms with Crippen LogP contribution in [0.4, 0.5) is 0 Å². The first-order valence-electron chi connectivity index (χ1n) is 7.22. The van der Waals surface area contributed by atoms with Gasteiger partial charge in [0.25, 0.3) is 0 Å². The highest BCUT2D eigenvalue weighted by Crippen LogP contribution is 2.39. The highest BCUT2D eigenvalue weighted by Gasteiger charge is 2.28. The number of fused-ring (bicyclic) bond motifs is 2. The van der Waals surface area contributed by atoms with E-state index in [1.54, 1.807) is 5.56 Å². The molecule has 1 heterocycles. The molecule has 2 nitrogen and oxygen atoms in total. The maximum absolute atomic E-state index is 6.03. The van der Waals surface area contributed by atoms with Gasteiger partial charge in [0.05, 0.1) is 6.10 Å². The lowest BCUT2D eigenvalue weighted by atomic mass is 9.93. The van der Waals surface area contributed by atoms with Crippen molar-refractivity contribution in [3.63, 3.8) is 0 Å². The van der Waals surface area contributed by atoms with Crippen LogP contribution < -0.4 is 10.1 Å². The van der Waals surface area contributed by atoms with Crippen LogP contribution in [0, 0.1) is 0 Å². The van der Waals surface area contributed by atoms with Crippen LogP contribution in [-0.2, 0) is 12.8 Å². The summed E-state index contributed by atoms with van der Waals surface area (Å²) >= 11 is 0. The molecule has 1 aliphatic carbocycles. The Kier molecular flexibility index (Phi) is 3.06. The van der Waals surface area contributed by atoms with Crippen LogP contribution >= 0.6 is 0 Å². The van der Waals surface area contributed by atoms with Gasteiger partial charge >= 0.3 is 0 Å². The average molecular weight is 245 g/mol. The molecule has 0 fully saturated rings. The summed E-state index contributed by atoms with van der Waals surface area (Å²) in [5.41, 5.74) is 4.43. The maximum Gasteiger partial charge on any atom is 0.124 e. The molecule has 0 spiro atoms. The third-order valence-electron chi connectivity index (χ3n) is 4.03. The van der Waals surface area contributed by atoms with Crippen LogP contribution in [0.15, 0.2) is 12.1 Å². The molecule has 2 heteroatoms. The van der Waals surface area contributed by atoms with E-state index in [9.17, 15) is 0 Å². The highest BCUT2D eigenvalue weighted by atomic mass is 16.5. The molecule has 2 aliphatic rings. The summed E-state index contributed by atoms with van der Waals surface area (Å²) in [6.07, 6.45) is 5.16. The van der Waals surface area contributed by atoms with Crippen LogP contribution in [0.2, 0.25) is 0 Å². The van der Waals surface area contributed by atoms with E-state index in [0.29, 0.717) is 18.2 Å². The van der Waals surface area contributed by atoms with E-state index in [4.69, 9.17) is 4.74 Å². The van der Waals surface area contributed by atoms with Gasteiger partial charge in [0, 0.05) is 24.1 Å². The lowest BCUT2D eigenvalue weighted by Gasteiger charge is -2.33. The fraction of sp³-hybridized carbons (Fsp3) is 0.625. The molecule has 0 saturated heterocycles. The molecular formula is C16H23NO. The predicted octanol–water partition coefficient (Wildman–Crippen LogP) is 3.39. The molecule has 1 aromatic rings. The van der Waals surface area contributed by atoms with Crippen molar-refractivity contribution in [1.82, 2.24) is 5.32 Å². The zero-order chi connectivity index (χ0) is 12.7. The minimum atomic E-state index is 0.313. The summed E-state index contributed by atoms with van der Waals surface area (Å²) < 4.78 is 6.03. The second-order valence-electron chi connectivity index (χ2n) is 6.05. The van der Waals surface area contributed by atoms with E-state index in [0.717, 1.165) is 12.2 Å². The van der Waals surface area contributed by atoms with Gasteiger partial charge in [0.1, 0.15) is 5.75 Å². The first-order chi connectivity index (χ1) is 8.63. The Bertz CT molecular complexity index is 453. The second kappa shape index (κ2) is 4.58. The second-order valence-corrected chi connectivity index (χ2v) is 6.05. The van der Waals surface area contributed by atoms with E-state index in [1.165, 1.54) is 30.4 Å². The summed E-state index contributed by atoms with van der Waals surface area (Å²) in [7, 11) is 0. The molecule has 2 unspecified atom stereocenters. The number of ether oxygens (including phenoxy) is 1. The van der Waals surface area contributed by atoms with E-state index in [1.807, 2.05) is 0 Å². The SMILES string of the molecule is CC(C)NC1CC(C)Oc2cc3c(cc21)CCC3. The van der Waals surface area contributed by atoms with Crippen LogP contribution in [0.25, 0.3) is 0 Å². The normalized spacial score (nSPS) is 25.8. The molecular weight excluding hydrogens is 222 g/mol. The van der Waals surface area contributed by atoms with Crippen molar-refractivity contribution < 1.29 is 4.74 Å². The van der Waals surface area contributed by atoms with Crippen molar-refractivity contribution in [2.75, 3.05) is 0 Å². The van der Waals surface area contributed by atoms with Gasteiger partial charge in [-0.15, -0.1) is 0 Å². The summed E-state index contributed by atoms with van der Waals surface area (Å²) in [6, 6.07) is 5.66. The van der Waals surface area contributed by atoms with Gasteiger partial charge in [-0.25, -0.2) is 0 Å². The van der Waals surface area contributed by atoms with Crippen molar-refractivity contribution in [3.05, 3.63) is 28.8 Å². The zero-order valence-corrected chi connectivity index (χ0v) is 11.6. The smallest absolute Gasteiger partial charge is 0.124 e. The average Bonchev–Trinajstić information content (AvgIpc) is 2.72. The molecule has 0 bridgehead atoms. The summed E-state index contributed by atoms with van der Waals surface area (Å²) in [5, 5.41) is 3.68. The molecule has 0 amide bonds. The first-order valence-corrected chi connectivity index (χ1v) is 7.22. The zero-order valence-electron chi connectivity index (χ0n) is 11.6. The van der Waals surface area contributed by atoms with Crippen molar-refractivity contribution in [2.45, 2.75) is 64.6 Å². The topological polar surface area (TPSA) is 21.3 Å². The molecule has 3 rings (SSSR count). The van der Waals surface area contributed by atoms with E-state index in [2.05, 4.69) is 38.2 Å².